The molecule has 2 N–H and O–H groups in total. The first-order chi connectivity index (χ1) is 30.2. The SMILES string of the molecule is c1ccc(C2N=C(c3cccc4c3oc3ccccc34)NC(c3ccc(-c4cccc5oc6ccc(-c7cccc8oc9ccccc9c78)cc6c45)c4ccccc34)N2)cc1. The van der Waals surface area contributed by atoms with Crippen molar-refractivity contribution in [3.8, 4) is 22.3 Å². The highest BCUT2D eigenvalue weighted by Gasteiger charge is 2.29. The van der Waals surface area contributed by atoms with Crippen LogP contribution in [0.1, 0.15) is 29.0 Å². The molecule has 3 aromatic heterocycles. The monoisotopic (exact) mass is 785 g/mol. The van der Waals surface area contributed by atoms with E-state index >= 15 is 0 Å². The first-order valence-corrected chi connectivity index (χ1v) is 20.7. The predicted octanol–water partition coefficient (Wildman–Crippen LogP) is 14.2. The molecule has 288 valence electrons. The second-order valence-corrected chi connectivity index (χ2v) is 15.8. The van der Waals surface area contributed by atoms with Crippen LogP contribution in [0, 0.1) is 0 Å². The molecule has 0 bridgehead atoms. The minimum atomic E-state index is -0.299. The smallest absolute Gasteiger partial charge is 0.146 e. The second-order valence-electron chi connectivity index (χ2n) is 15.8. The first kappa shape index (κ1) is 34.0. The van der Waals surface area contributed by atoms with Gasteiger partial charge in [-0.05, 0) is 86.6 Å². The molecule has 6 heteroatoms. The van der Waals surface area contributed by atoms with E-state index in [1.807, 2.05) is 36.4 Å². The number of nitrogens with zero attached hydrogens (tertiary/aromatic N) is 1. The summed E-state index contributed by atoms with van der Waals surface area (Å²) in [6.07, 6.45) is -0.572. The van der Waals surface area contributed by atoms with Crippen LogP contribution in [0.2, 0.25) is 0 Å². The molecule has 0 saturated heterocycles. The van der Waals surface area contributed by atoms with Gasteiger partial charge in [0.05, 0.1) is 5.56 Å². The molecule has 2 atom stereocenters. The summed E-state index contributed by atoms with van der Waals surface area (Å²) in [6, 6.07) is 65.6. The summed E-state index contributed by atoms with van der Waals surface area (Å²) >= 11 is 0. The molecule has 0 aliphatic carbocycles. The highest BCUT2D eigenvalue weighted by atomic mass is 16.3. The maximum atomic E-state index is 6.58. The summed E-state index contributed by atoms with van der Waals surface area (Å²) in [5.41, 5.74) is 12.8. The van der Waals surface area contributed by atoms with Gasteiger partial charge in [-0.1, -0.05) is 146 Å². The third-order valence-electron chi connectivity index (χ3n) is 12.4. The molecule has 0 amide bonds. The summed E-state index contributed by atoms with van der Waals surface area (Å²) in [4.78, 5) is 5.30. The van der Waals surface area contributed by atoms with E-state index < -0.39 is 0 Å². The van der Waals surface area contributed by atoms with Crippen molar-refractivity contribution in [3.63, 3.8) is 0 Å². The van der Waals surface area contributed by atoms with E-state index in [-0.39, 0.29) is 12.3 Å². The number of benzene rings is 9. The lowest BCUT2D eigenvalue weighted by molar-refractivity contribution is 0.411. The number of aliphatic imine (C=N–C) groups is 1. The van der Waals surface area contributed by atoms with Crippen LogP contribution in [-0.4, -0.2) is 5.84 Å². The minimum absolute atomic E-state index is 0.272. The van der Waals surface area contributed by atoms with Crippen molar-refractivity contribution in [2.45, 2.75) is 12.3 Å². The van der Waals surface area contributed by atoms with Crippen LogP contribution in [0.5, 0.6) is 0 Å². The third-order valence-corrected chi connectivity index (χ3v) is 12.4. The largest absolute Gasteiger partial charge is 0.456 e. The van der Waals surface area contributed by atoms with E-state index in [4.69, 9.17) is 18.2 Å². The summed E-state index contributed by atoms with van der Waals surface area (Å²) < 4.78 is 19.4. The second kappa shape index (κ2) is 13.3. The Labute approximate surface area is 349 Å². The van der Waals surface area contributed by atoms with E-state index in [0.717, 1.165) is 121 Å². The topological polar surface area (TPSA) is 75.8 Å². The number of amidine groups is 1. The number of hydrogen-bond acceptors (Lipinski definition) is 6. The summed E-state index contributed by atoms with van der Waals surface area (Å²) in [5, 5.41) is 16.5. The fraction of sp³-hybridized carbons (Fsp3) is 0.0364. The zero-order valence-electron chi connectivity index (χ0n) is 32.7. The van der Waals surface area contributed by atoms with Crippen molar-refractivity contribution in [3.05, 3.63) is 205 Å². The Morgan fingerprint density at radius 3 is 1.82 bits per heavy atom. The number of furan rings is 3. The molecular formula is C55H35N3O3. The van der Waals surface area contributed by atoms with Gasteiger partial charge in [-0.15, -0.1) is 0 Å². The summed E-state index contributed by atoms with van der Waals surface area (Å²) in [7, 11) is 0. The van der Waals surface area contributed by atoms with Gasteiger partial charge in [0, 0.05) is 32.3 Å². The van der Waals surface area contributed by atoms with Gasteiger partial charge >= 0.3 is 0 Å². The first-order valence-electron chi connectivity index (χ1n) is 20.7. The maximum Gasteiger partial charge on any atom is 0.146 e. The van der Waals surface area contributed by atoms with Crippen LogP contribution in [0.25, 0.3) is 98.8 Å². The van der Waals surface area contributed by atoms with Crippen molar-refractivity contribution in [2.24, 2.45) is 4.99 Å². The number of hydrogen-bond donors (Lipinski definition) is 2. The number of rotatable bonds is 5. The van der Waals surface area contributed by atoms with Crippen molar-refractivity contribution < 1.29 is 13.3 Å². The van der Waals surface area contributed by atoms with Crippen LogP contribution >= 0.6 is 0 Å². The molecule has 4 heterocycles. The fourth-order valence-corrected chi connectivity index (χ4v) is 9.64. The molecule has 61 heavy (non-hydrogen) atoms. The summed E-state index contributed by atoms with van der Waals surface area (Å²) in [6.45, 7) is 0. The highest BCUT2D eigenvalue weighted by molar-refractivity contribution is 6.18. The molecule has 0 fully saturated rings. The molecule has 2 unspecified atom stereocenters. The molecule has 1 aliphatic heterocycles. The van der Waals surface area contributed by atoms with Gasteiger partial charge in [0.25, 0.3) is 0 Å². The number of fused-ring (bicyclic) bond motifs is 10. The van der Waals surface area contributed by atoms with Crippen LogP contribution in [0.3, 0.4) is 0 Å². The molecule has 0 spiro atoms. The lowest BCUT2D eigenvalue weighted by Crippen LogP contribution is -2.45. The Hall–Kier alpha value is -7.93. The van der Waals surface area contributed by atoms with Gasteiger partial charge in [0.15, 0.2) is 0 Å². The van der Waals surface area contributed by atoms with Crippen LogP contribution in [0.4, 0.5) is 0 Å². The average molecular weight is 786 g/mol. The predicted molar refractivity (Wildman–Crippen MR) is 248 cm³/mol. The Kier molecular flexibility index (Phi) is 7.41. The number of para-hydroxylation sites is 3. The van der Waals surface area contributed by atoms with E-state index in [1.54, 1.807) is 0 Å². The lowest BCUT2D eigenvalue weighted by atomic mass is 9.91. The fourth-order valence-electron chi connectivity index (χ4n) is 9.64. The number of nitrogens with one attached hydrogen (secondary N) is 2. The molecule has 12 aromatic rings. The quantitative estimate of drug-likeness (QED) is 0.182. The van der Waals surface area contributed by atoms with Gasteiger partial charge in [0.2, 0.25) is 0 Å². The van der Waals surface area contributed by atoms with E-state index in [2.05, 4.69) is 162 Å². The van der Waals surface area contributed by atoms with Gasteiger partial charge in [-0.25, -0.2) is 4.99 Å². The van der Waals surface area contributed by atoms with E-state index in [1.165, 1.54) is 0 Å². The Balaban J connectivity index is 0.957. The van der Waals surface area contributed by atoms with Gasteiger partial charge in [-0.2, -0.15) is 0 Å². The average Bonchev–Trinajstić information content (AvgIpc) is 4.02. The van der Waals surface area contributed by atoms with E-state index in [9.17, 15) is 0 Å². The molecule has 0 saturated carbocycles. The zero-order valence-corrected chi connectivity index (χ0v) is 32.7. The van der Waals surface area contributed by atoms with E-state index in [0.29, 0.717) is 0 Å². The Bertz CT molecular complexity index is 3740. The zero-order chi connectivity index (χ0) is 40.0. The normalized spacial score (nSPS) is 15.7. The molecular weight excluding hydrogens is 751 g/mol. The van der Waals surface area contributed by atoms with Crippen molar-refractivity contribution in [2.75, 3.05) is 0 Å². The van der Waals surface area contributed by atoms with Crippen LogP contribution < -0.4 is 10.6 Å². The summed E-state index contributed by atoms with van der Waals surface area (Å²) in [5.74, 6) is 0.778. The van der Waals surface area contributed by atoms with Gasteiger partial charge in [0.1, 0.15) is 51.7 Å². The minimum Gasteiger partial charge on any atom is -0.456 e. The van der Waals surface area contributed by atoms with Crippen LogP contribution in [0.15, 0.2) is 206 Å². The van der Waals surface area contributed by atoms with Crippen molar-refractivity contribution >= 4 is 82.4 Å². The molecule has 13 rings (SSSR count). The van der Waals surface area contributed by atoms with Crippen molar-refractivity contribution in [1.82, 2.24) is 10.6 Å². The molecule has 6 nitrogen and oxygen atoms in total. The standard InChI is InChI=1S/C55H35N3O3/c1-2-13-32(14-3-1)53-56-54(58-55(57-53)43-22-10-21-40-38-17-6-8-23-45(38)61-52(40)43)41-29-28-37(35-15-4-5-16-36(35)41)39-20-12-26-49-51(39)44-31-33(27-30-47(44)60-49)34-19-11-25-48-50(34)42-18-7-9-24-46(42)59-48/h1-31,53-54,56H,(H,57,58). The maximum absolute atomic E-state index is 6.58. The Morgan fingerprint density at radius 1 is 0.393 bits per heavy atom. The lowest BCUT2D eigenvalue weighted by Gasteiger charge is -2.33. The molecule has 9 aromatic carbocycles. The van der Waals surface area contributed by atoms with Gasteiger partial charge in [-0.3, -0.25) is 5.32 Å². The van der Waals surface area contributed by atoms with Gasteiger partial charge < -0.3 is 18.6 Å². The highest BCUT2D eigenvalue weighted by Crippen LogP contribution is 2.44. The third kappa shape index (κ3) is 5.29. The molecule has 1 aliphatic rings. The van der Waals surface area contributed by atoms with Crippen LogP contribution in [-0.2, 0) is 0 Å². The van der Waals surface area contributed by atoms with Crippen molar-refractivity contribution in [1.29, 1.82) is 0 Å². The Morgan fingerprint density at radius 2 is 1.00 bits per heavy atom. The molecule has 0 radical (unpaired) electrons.